The van der Waals surface area contributed by atoms with Crippen molar-refractivity contribution >= 4 is 5.97 Å². The highest BCUT2D eigenvalue weighted by atomic mass is 19.1. The van der Waals surface area contributed by atoms with Gasteiger partial charge in [-0.1, -0.05) is 13.0 Å². The molecular formula is C15H16F2O2. The monoisotopic (exact) mass is 266 g/mol. The van der Waals surface area contributed by atoms with Crippen molar-refractivity contribution in [3.8, 4) is 0 Å². The molecule has 2 fully saturated rings. The first-order chi connectivity index (χ1) is 9.06. The Morgan fingerprint density at radius 1 is 1.37 bits per heavy atom. The number of hydrogen-bond donors (Lipinski definition) is 0. The van der Waals surface area contributed by atoms with Crippen LogP contribution in [0.2, 0.25) is 0 Å². The van der Waals surface area contributed by atoms with E-state index in [0.717, 1.165) is 12.5 Å². The Morgan fingerprint density at radius 2 is 2.11 bits per heavy atom. The highest BCUT2D eigenvalue weighted by Gasteiger charge is 2.47. The van der Waals surface area contributed by atoms with Crippen LogP contribution in [0.3, 0.4) is 0 Å². The fourth-order valence-corrected chi connectivity index (χ4v) is 2.53. The molecule has 0 spiro atoms. The van der Waals surface area contributed by atoms with Crippen molar-refractivity contribution in [3.05, 3.63) is 35.4 Å². The molecule has 4 unspecified atom stereocenters. The third-order valence-electron chi connectivity index (χ3n) is 4.17. The molecule has 0 amide bonds. The summed E-state index contributed by atoms with van der Waals surface area (Å²) in [6.45, 7) is 2.61. The lowest BCUT2D eigenvalue weighted by atomic mass is 10.1. The van der Waals surface area contributed by atoms with Gasteiger partial charge in [0.15, 0.2) is 0 Å². The van der Waals surface area contributed by atoms with Gasteiger partial charge >= 0.3 is 5.97 Å². The van der Waals surface area contributed by atoms with Crippen LogP contribution in [-0.2, 0) is 9.53 Å². The van der Waals surface area contributed by atoms with E-state index in [1.54, 1.807) is 0 Å². The van der Waals surface area contributed by atoms with Gasteiger partial charge in [-0.2, -0.15) is 0 Å². The second-order valence-electron chi connectivity index (χ2n) is 5.72. The summed E-state index contributed by atoms with van der Waals surface area (Å²) in [5.41, 5.74) is 0.420. The van der Waals surface area contributed by atoms with Crippen molar-refractivity contribution in [2.75, 3.05) is 6.61 Å². The third-order valence-corrected chi connectivity index (χ3v) is 4.17. The first kappa shape index (κ1) is 12.6. The molecule has 2 nitrogen and oxygen atoms in total. The molecule has 2 aliphatic carbocycles. The molecule has 2 aliphatic rings. The number of benzene rings is 1. The Kier molecular flexibility index (Phi) is 3.03. The largest absolute Gasteiger partial charge is 0.465 e. The van der Waals surface area contributed by atoms with E-state index in [-0.39, 0.29) is 17.8 Å². The summed E-state index contributed by atoms with van der Waals surface area (Å²) in [5.74, 6) is -0.660. The van der Waals surface area contributed by atoms with Gasteiger partial charge in [-0.05, 0) is 36.3 Å². The van der Waals surface area contributed by atoms with Gasteiger partial charge in [-0.3, -0.25) is 4.79 Å². The number of carbonyl (C=O) groups excluding carboxylic acids is 1. The zero-order chi connectivity index (χ0) is 13.6. The van der Waals surface area contributed by atoms with E-state index < -0.39 is 11.6 Å². The molecule has 4 heteroatoms. The second kappa shape index (κ2) is 4.58. The highest BCUT2D eigenvalue weighted by molar-refractivity contribution is 5.77. The molecule has 0 N–H and O–H groups in total. The van der Waals surface area contributed by atoms with E-state index >= 15 is 0 Å². The summed E-state index contributed by atoms with van der Waals surface area (Å²) in [4.78, 5) is 11.8. The van der Waals surface area contributed by atoms with E-state index in [9.17, 15) is 13.6 Å². The second-order valence-corrected chi connectivity index (χ2v) is 5.72. The Labute approximate surface area is 110 Å². The van der Waals surface area contributed by atoms with E-state index in [2.05, 4.69) is 6.92 Å². The standard InChI is InChI=1S/C15H16F2O2/c1-8-4-9(8)7-19-15(18)13-6-12(13)11-3-2-10(16)5-14(11)17/h2-3,5,8-9,12-13H,4,6-7H2,1H3. The summed E-state index contributed by atoms with van der Waals surface area (Å²) in [6.07, 6.45) is 1.72. The van der Waals surface area contributed by atoms with Crippen LogP contribution in [0.5, 0.6) is 0 Å². The fourth-order valence-electron chi connectivity index (χ4n) is 2.53. The molecule has 4 atom stereocenters. The van der Waals surface area contributed by atoms with Crippen molar-refractivity contribution in [2.24, 2.45) is 17.8 Å². The van der Waals surface area contributed by atoms with Gasteiger partial charge in [0.25, 0.3) is 0 Å². The van der Waals surface area contributed by atoms with Gasteiger partial charge in [0.2, 0.25) is 0 Å². The topological polar surface area (TPSA) is 26.3 Å². The zero-order valence-corrected chi connectivity index (χ0v) is 10.7. The summed E-state index contributed by atoms with van der Waals surface area (Å²) in [5, 5.41) is 0. The maximum Gasteiger partial charge on any atom is 0.309 e. The molecular weight excluding hydrogens is 250 g/mol. The average Bonchev–Trinajstić information content (AvgIpc) is 3.23. The van der Waals surface area contributed by atoms with Gasteiger partial charge in [0, 0.05) is 12.0 Å². The molecule has 0 aliphatic heterocycles. The highest BCUT2D eigenvalue weighted by Crippen LogP contribution is 2.49. The fraction of sp³-hybridized carbons (Fsp3) is 0.533. The molecule has 2 saturated carbocycles. The summed E-state index contributed by atoms with van der Waals surface area (Å²) < 4.78 is 31.6. The van der Waals surface area contributed by atoms with Crippen molar-refractivity contribution in [1.29, 1.82) is 0 Å². The van der Waals surface area contributed by atoms with E-state index in [1.165, 1.54) is 12.1 Å². The first-order valence-electron chi connectivity index (χ1n) is 6.68. The molecule has 0 saturated heterocycles. The minimum Gasteiger partial charge on any atom is -0.465 e. The van der Waals surface area contributed by atoms with E-state index in [0.29, 0.717) is 30.4 Å². The summed E-state index contributed by atoms with van der Waals surface area (Å²) in [7, 11) is 0. The number of halogens is 2. The number of carbonyl (C=O) groups is 1. The normalized spacial score (nSPS) is 31.9. The van der Waals surface area contributed by atoms with E-state index in [4.69, 9.17) is 4.74 Å². The molecule has 1 aromatic rings. The van der Waals surface area contributed by atoms with Gasteiger partial charge in [-0.25, -0.2) is 8.78 Å². The summed E-state index contributed by atoms with van der Waals surface area (Å²) >= 11 is 0. The number of hydrogen-bond acceptors (Lipinski definition) is 2. The lowest BCUT2D eigenvalue weighted by molar-refractivity contribution is -0.145. The SMILES string of the molecule is CC1CC1COC(=O)C1CC1c1ccc(F)cc1F. The first-order valence-corrected chi connectivity index (χ1v) is 6.68. The van der Waals surface area contributed by atoms with Crippen LogP contribution in [-0.4, -0.2) is 12.6 Å². The van der Waals surface area contributed by atoms with Gasteiger partial charge < -0.3 is 4.74 Å². The Balaban J connectivity index is 1.56. The Hall–Kier alpha value is -1.45. The minimum absolute atomic E-state index is 0.148. The predicted octanol–water partition coefficient (Wildman–Crippen LogP) is 3.27. The molecule has 102 valence electrons. The van der Waals surface area contributed by atoms with Gasteiger partial charge in [-0.15, -0.1) is 0 Å². The van der Waals surface area contributed by atoms with Gasteiger partial charge in [0.05, 0.1) is 12.5 Å². The van der Waals surface area contributed by atoms with Crippen LogP contribution in [0.15, 0.2) is 18.2 Å². The van der Waals surface area contributed by atoms with Crippen LogP contribution in [0.25, 0.3) is 0 Å². The maximum atomic E-state index is 13.6. The molecule has 3 rings (SSSR count). The lowest BCUT2D eigenvalue weighted by Gasteiger charge is -2.04. The molecule has 19 heavy (non-hydrogen) atoms. The molecule has 0 heterocycles. The van der Waals surface area contributed by atoms with Crippen LogP contribution in [0, 0.1) is 29.4 Å². The van der Waals surface area contributed by atoms with E-state index in [1.807, 2.05) is 0 Å². The van der Waals surface area contributed by atoms with Crippen LogP contribution in [0.1, 0.15) is 31.2 Å². The quantitative estimate of drug-likeness (QED) is 0.782. The van der Waals surface area contributed by atoms with Crippen LogP contribution < -0.4 is 0 Å². The molecule has 0 radical (unpaired) electrons. The number of esters is 1. The van der Waals surface area contributed by atoms with Crippen molar-refractivity contribution in [3.63, 3.8) is 0 Å². The zero-order valence-electron chi connectivity index (χ0n) is 10.7. The predicted molar refractivity (Wildman–Crippen MR) is 65.4 cm³/mol. The summed E-state index contributed by atoms with van der Waals surface area (Å²) in [6, 6.07) is 3.51. The third kappa shape index (κ3) is 2.62. The Morgan fingerprint density at radius 3 is 2.74 bits per heavy atom. The van der Waals surface area contributed by atoms with Crippen LogP contribution in [0.4, 0.5) is 8.78 Å². The number of rotatable bonds is 4. The minimum atomic E-state index is -0.594. The van der Waals surface area contributed by atoms with Gasteiger partial charge in [0.1, 0.15) is 11.6 Å². The molecule has 0 aromatic heterocycles. The smallest absolute Gasteiger partial charge is 0.309 e. The van der Waals surface area contributed by atoms with Crippen molar-refractivity contribution in [2.45, 2.75) is 25.7 Å². The van der Waals surface area contributed by atoms with Crippen molar-refractivity contribution < 1.29 is 18.3 Å². The maximum absolute atomic E-state index is 13.6. The van der Waals surface area contributed by atoms with Crippen LogP contribution >= 0.6 is 0 Å². The average molecular weight is 266 g/mol. The Bertz CT molecular complexity index is 515. The van der Waals surface area contributed by atoms with Crippen molar-refractivity contribution in [1.82, 2.24) is 0 Å². The number of ether oxygens (including phenoxy) is 1. The molecule has 1 aromatic carbocycles. The lowest BCUT2D eigenvalue weighted by Crippen LogP contribution is -2.10. The molecule has 0 bridgehead atoms.